The molecular weight excluding hydrogens is 265 g/mol. The van der Waals surface area contributed by atoms with Crippen molar-refractivity contribution in [3.05, 3.63) is 53.1 Å². The van der Waals surface area contributed by atoms with Gasteiger partial charge in [0.25, 0.3) is 0 Å². The van der Waals surface area contributed by atoms with Crippen molar-refractivity contribution in [2.24, 2.45) is 0 Å². The summed E-state index contributed by atoms with van der Waals surface area (Å²) in [6.45, 7) is 1.80. The molecule has 0 fully saturated rings. The molecule has 0 saturated carbocycles. The minimum absolute atomic E-state index is 0.314. The first kappa shape index (κ1) is 12.0. The third-order valence-electron chi connectivity index (χ3n) is 3.01. The van der Waals surface area contributed by atoms with Crippen LogP contribution < -0.4 is 5.73 Å². The minimum atomic E-state index is -0.383. The van der Waals surface area contributed by atoms with E-state index < -0.39 is 0 Å². The van der Waals surface area contributed by atoms with Crippen LogP contribution in [0.4, 0.5) is 10.1 Å². The molecule has 0 saturated heterocycles. The highest BCUT2D eigenvalue weighted by atomic mass is 35.5. The molecule has 0 aliphatic heterocycles. The number of aryl methyl sites for hydroxylation is 1. The average Bonchev–Trinajstić information content (AvgIpc) is 2.65. The van der Waals surface area contributed by atoms with Crippen LogP contribution in [0.25, 0.3) is 16.7 Å². The Balaban J connectivity index is 2.40. The minimum Gasteiger partial charge on any atom is -0.399 e. The lowest BCUT2D eigenvalue weighted by molar-refractivity contribution is 0.618. The zero-order valence-electron chi connectivity index (χ0n) is 10.2. The Morgan fingerprint density at radius 1 is 1.26 bits per heavy atom. The van der Waals surface area contributed by atoms with Crippen LogP contribution >= 0.6 is 11.6 Å². The first-order valence-corrected chi connectivity index (χ1v) is 6.14. The van der Waals surface area contributed by atoms with Gasteiger partial charge in [-0.2, -0.15) is 0 Å². The van der Waals surface area contributed by atoms with E-state index in [1.807, 2.05) is 6.07 Å². The van der Waals surface area contributed by atoms with E-state index in [9.17, 15) is 4.39 Å². The molecule has 19 heavy (non-hydrogen) atoms. The maximum absolute atomic E-state index is 14.0. The van der Waals surface area contributed by atoms with Gasteiger partial charge in [0.1, 0.15) is 17.3 Å². The molecule has 0 amide bonds. The third-order valence-corrected chi connectivity index (χ3v) is 3.31. The van der Waals surface area contributed by atoms with Gasteiger partial charge in [0.05, 0.1) is 16.1 Å². The highest BCUT2D eigenvalue weighted by Gasteiger charge is 2.15. The van der Waals surface area contributed by atoms with E-state index in [-0.39, 0.29) is 5.82 Å². The van der Waals surface area contributed by atoms with Crippen LogP contribution in [0.5, 0.6) is 0 Å². The highest BCUT2D eigenvalue weighted by molar-refractivity contribution is 6.32. The van der Waals surface area contributed by atoms with Crippen LogP contribution in [0.3, 0.4) is 0 Å². The summed E-state index contributed by atoms with van der Waals surface area (Å²) < 4.78 is 15.7. The van der Waals surface area contributed by atoms with E-state index in [0.29, 0.717) is 22.2 Å². The molecule has 5 heteroatoms. The lowest BCUT2D eigenvalue weighted by Crippen LogP contribution is -2.01. The Hall–Kier alpha value is -2.07. The number of nitrogen functional groups attached to an aromatic ring is 1. The van der Waals surface area contributed by atoms with Crippen molar-refractivity contribution in [3.8, 4) is 5.69 Å². The van der Waals surface area contributed by atoms with E-state index >= 15 is 0 Å². The van der Waals surface area contributed by atoms with Crippen molar-refractivity contribution in [1.82, 2.24) is 9.55 Å². The molecule has 2 aromatic carbocycles. The van der Waals surface area contributed by atoms with Gasteiger partial charge in [0.15, 0.2) is 0 Å². The number of hydrogen-bond acceptors (Lipinski definition) is 2. The topological polar surface area (TPSA) is 43.8 Å². The van der Waals surface area contributed by atoms with Crippen LogP contribution in [-0.2, 0) is 0 Å². The Kier molecular flexibility index (Phi) is 2.68. The van der Waals surface area contributed by atoms with E-state index in [2.05, 4.69) is 4.98 Å². The molecule has 0 aliphatic rings. The van der Waals surface area contributed by atoms with Gasteiger partial charge in [-0.15, -0.1) is 0 Å². The van der Waals surface area contributed by atoms with Crippen LogP contribution in [-0.4, -0.2) is 9.55 Å². The molecule has 0 bridgehead atoms. The van der Waals surface area contributed by atoms with E-state index in [1.165, 1.54) is 6.07 Å². The molecule has 3 rings (SSSR count). The van der Waals surface area contributed by atoms with Gasteiger partial charge in [0, 0.05) is 5.69 Å². The lowest BCUT2D eigenvalue weighted by Gasteiger charge is -2.10. The fourth-order valence-corrected chi connectivity index (χ4v) is 2.45. The molecule has 0 radical (unpaired) electrons. The van der Waals surface area contributed by atoms with Crippen molar-refractivity contribution in [3.63, 3.8) is 0 Å². The van der Waals surface area contributed by atoms with Crippen molar-refractivity contribution in [2.45, 2.75) is 6.92 Å². The molecule has 1 heterocycles. The summed E-state index contributed by atoms with van der Waals surface area (Å²) in [5, 5.41) is 0.347. The van der Waals surface area contributed by atoms with Gasteiger partial charge >= 0.3 is 0 Å². The Bertz CT molecular complexity index is 759. The number of fused-ring (bicyclic) bond motifs is 1. The molecule has 3 aromatic rings. The molecule has 2 N–H and O–H groups in total. The Labute approximate surface area is 114 Å². The highest BCUT2D eigenvalue weighted by Crippen LogP contribution is 2.29. The number of nitrogens with zero attached hydrogens (tertiary/aromatic N) is 2. The summed E-state index contributed by atoms with van der Waals surface area (Å²) in [5.74, 6) is 0.277. The maximum Gasteiger partial charge on any atom is 0.148 e. The fourth-order valence-electron chi connectivity index (χ4n) is 2.20. The first-order chi connectivity index (χ1) is 9.08. The van der Waals surface area contributed by atoms with Gasteiger partial charge in [-0.25, -0.2) is 9.37 Å². The zero-order valence-corrected chi connectivity index (χ0v) is 10.9. The van der Waals surface area contributed by atoms with E-state index in [4.69, 9.17) is 17.3 Å². The summed E-state index contributed by atoms with van der Waals surface area (Å²) in [6, 6.07) is 9.94. The largest absolute Gasteiger partial charge is 0.399 e. The van der Waals surface area contributed by atoms with Crippen LogP contribution in [0.1, 0.15) is 5.82 Å². The second-order valence-corrected chi connectivity index (χ2v) is 4.72. The maximum atomic E-state index is 14.0. The monoisotopic (exact) mass is 275 g/mol. The smallest absolute Gasteiger partial charge is 0.148 e. The first-order valence-electron chi connectivity index (χ1n) is 5.77. The summed E-state index contributed by atoms with van der Waals surface area (Å²) in [4.78, 5) is 4.39. The number of halogens is 2. The quantitative estimate of drug-likeness (QED) is 0.688. The van der Waals surface area contributed by atoms with Gasteiger partial charge in [-0.3, -0.25) is 4.57 Å². The number of benzene rings is 2. The second kappa shape index (κ2) is 4.24. The molecule has 0 atom stereocenters. The van der Waals surface area contributed by atoms with E-state index in [1.54, 1.807) is 35.8 Å². The number of anilines is 1. The summed E-state index contributed by atoms with van der Waals surface area (Å²) >= 11 is 6.11. The van der Waals surface area contributed by atoms with Gasteiger partial charge in [-0.1, -0.05) is 17.7 Å². The molecule has 0 aliphatic carbocycles. The van der Waals surface area contributed by atoms with Crippen molar-refractivity contribution in [1.29, 1.82) is 0 Å². The zero-order chi connectivity index (χ0) is 13.6. The Morgan fingerprint density at radius 2 is 2.05 bits per heavy atom. The summed E-state index contributed by atoms with van der Waals surface area (Å²) in [7, 11) is 0. The molecule has 1 aromatic heterocycles. The molecule has 3 nitrogen and oxygen atoms in total. The predicted molar refractivity (Wildman–Crippen MR) is 75.2 cm³/mol. The fraction of sp³-hybridized carbons (Fsp3) is 0.0714. The van der Waals surface area contributed by atoms with Gasteiger partial charge in [0.2, 0.25) is 0 Å². The van der Waals surface area contributed by atoms with Crippen LogP contribution in [0.2, 0.25) is 5.02 Å². The van der Waals surface area contributed by atoms with Gasteiger partial charge < -0.3 is 5.73 Å². The molecular formula is C14H11ClFN3. The van der Waals surface area contributed by atoms with Crippen molar-refractivity contribution >= 4 is 28.3 Å². The SMILES string of the molecule is Cc1nc2cc(N)ccc2n1-c1c(F)cccc1Cl. The van der Waals surface area contributed by atoms with Gasteiger partial charge in [-0.05, 0) is 37.3 Å². The predicted octanol–water partition coefficient (Wildman–Crippen LogP) is 3.71. The number of imidazole rings is 1. The standard InChI is InChI=1S/C14H11ClFN3/c1-8-18-12-7-9(17)5-6-13(12)19(8)14-10(15)3-2-4-11(14)16/h2-7H,17H2,1H3. The number of hydrogen-bond donors (Lipinski definition) is 1. The van der Waals surface area contributed by atoms with Crippen molar-refractivity contribution in [2.75, 3.05) is 5.73 Å². The molecule has 0 unspecified atom stereocenters. The molecule has 96 valence electrons. The van der Waals surface area contributed by atoms with E-state index in [0.717, 1.165) is 11.0 Å². The number of para-hydroxylation sites is 1. The summed E-state index contributed by atoms with van der Waals surface area (Å²) in [5.41, 5.74) is 8.16. The van der Waals surface area contributed by atoms with Crippen molar-refractivity contribution < 1.29 is 4.39 Å². The molecule has 0 spiro atoms. The summed E-state index contributed by atoms with van der Waals surface area (Å²) in [6.07, 6.45) is 0. The third kappa shape index (κ3) is 1.85. The lowest BCUT2D eigenvalue weighted by atomic mass is 10.2. The van der Waals surface area contributed by atoms with Crippen LogP contribution in [0, 0.1) is 12.7 Å². The average molecular weight is 276 g/mol. The number of aromatic nitrogens is 2. The van der Waals surface area contributed by atoms with Crippen LogP contribution in [0.15, 0.2) is 36.4 Å². The normalized spacial score (nSPS) is 11.1. The number of nitrogens with two attached hydrogens (primary N) is 1. The Morgan fingerprint density at radius 3 is 2.79 bits per heavy atom. The second-order valence-electron chi connectivity index (χ2n) is 4.31. The number of rotatable bonds is 1.